The van der Waals surface area contributed by atoms with Crippen LogP contribution in [0.15, 0.2) is 53.5 Å². The number of amidine groups is 1. The summed E-state index contributed by atoms with van der Waals surface area (Å²) in [6, 6.07) is 15.1. The van der Waals surface area contributed by atoms with Crippen molar-refractivity contribution in [2.24, 2.45) is 4.99 Å². The molecule has 5 atom stereocenters. The number of aliphatic carboxylic acids is 1. The molecule has 1 amide bonds. The van der Waals surface area contributed by atoms with Crippen molar-refractivity contribution in [3.63, 3.8) is 0 Å². The standard InChI is InChI=1S/C31H36N6O8/c1-2-3-10-22-32-31(15-6-7-16-31)30(43)36(22)17-18-11-13-19(14-12-18)20-8-4-5-9-21(20)27-33-34-35-37(27)45-29-25(40)23(38)24(39)26(44-29)28(41)42/h4-5,8-9,11-14,23-26,29,38-40H,2-3,6-7,10,15-17H2,1H3,(H,41,42)/t23-,24-,25+,26-,29+/m0/s1. The lowest BCUT2D eigenvalue weighted by atomic mass is 9.97. The average molecular weight is 621 g/mol. The quantitative estimate of drug-likeness (QED) is 0.257. The number of tetrazole rings is 1. The minimum absolute atomic E-state index is 0.108. The van der Waals surface area contributed by atoms with Crippen molar-refractivity contribution >= 4 is 17.7 Å². The van der Waals surface area contributed by atoms with E-state index in [1.807, 2.05) is 41.3 Å². The average Bonchev–Trinajstić information content (AvgIpc) is 3.77. The van der Waals surface area contributed by atoms with Gasteiger partial charge in [0.25, 0.3) is 12.2 Å². The number of carboxylic acid groups (broad SMARTS) is 1. The summed E-state index contributed by atoms with van der Waals surface area (Å²) in [5.41, 5.74) is 2.53. The van der Waals surface area contributed by atoms with Crippen molar-refractivity contribution in [3.05, 3.63) is 54.1 Å². The third-order valence-electron chi connectivity index (χ3n) is 8.71. The molecule has 3 heterocycles. The summed E-state index contributed by atoms with van der Waals surface area (Å²) in [7, 11) is 0. The summed E-state index contributed by atoms with van der Waals surface area (Å²) in [5, 5.41) is 51.4. The van der Waals surface area contributed by atoms with E-state index >= 15 is 0 Å². The van der Waals surface area contributed by atoms with Gasteiger partial charge in [-0.3, -0.25) is 14.7 Å². The molecule has 2 aromatic carbocycles. The van der Waals surface area contributed by atoms with Crippen LogP contribution in [0.4, 0.5) is 0 Å². The van der Waals surface area contributed by atoms with Crippen LogP contribution in [0.1, 0.15) is 57.4 Å². The Labute approximate surface area is 258 Å². The van der Waals surface area contributed by atoms with Crippen molar-refractivity contribution in [2.75, 3.05) is 0 Å². The lowest BCUT2D eigenvalue weighted by Crippen LogP contribution is -2.62. The number of benzene rings is 2. The van der Waals surface area contributed by atoms with Gasteiger partial charge in [0.1, 0.15) is 29.7 Å². The second-order valence-corrected chi connectivity index (χ2v) is 11.7. The molecule has 6 rings (SSSR count). The Kier molecular flexibility index (Phi) is 8.64. The van der Waals surface area contributed by atoms with Gasteiger partial charge in [-0.15, -0.1) is 5.10 Å². The first-order valence-corrected chi connectivity index (χ1v) is 15.2. The molecule has 45 heavy (non-hydrogen) atoms. The van der Waals surface area contributed by atoms with Gasteiger partial charge in [-0.25, -0.2) is 4.79 Å². The predicted molar refractivity (Wildman–Crippen MR) is 158 cm³/mol. The molecular weight excluding hydrogens is 584 g/mol. The number of nitrogens with zero attached hydrogens (tertiary/aromatic N) is 6. The number of aliphatic hydroxyl groups is 3. The number of unbranched alkanes of at least 4 members (excludes halogenated alkanes) is 1. The second kappa shape index (κ2) is 12.6. The number of aromatic nitrogens is 4. The molecular formula is C31H36N6O8. The normalized spacial score (nSPS) is 26.0. The monoisotopic (exact) mass is 620 g/mol. The van der Waals surface area contributed by atoms with E-state index in [1.54, 1.807) is 12.1 Å². The molecule has 1 saturated heterocycles. The molecule has 2 fully saturated rings. The van der Waals surface area contributed by atoms with Crippen LogP contribution in [0.2, 0.25) is 0 Å². The molecule has 4 N–H and O–H groups in total. The highest BCUT2D eigenvalue weighted by Gasteiger charge is 2.50. The van der Waals surface area contributed by atoms with Crippen molar-refractivity contribution in [2.45, 2.75) is 94.7 Å². The van der Waals surface area contributed by atoms with E-state index in [9.17, 15) is 30.0 Å². The fourth-order valence-electron chi connectivity index (χ4n) is 6.24. The third-order valence-corrected chi connectivity index (χ3v) is 8.71. The lowest BCUT2D eigenvalue weighted by Gasteiger charge is -2.37. The van der Waals surface area contributed by atoms with Gasteiger partial charge in [-0.2, -0.15) is 0 Å². The number of carbonyl (C=O) groups excluding carboxylic acids is 1. The molecule has 14 nitrogen and oxygen atoms in total. The van der Waals surface area contributed by atoms with Crippen LogP contribution in [0.25, 0.3) is 22.5 Å². The lowest BCUT2D eigenvalue weighted by molar-refractivity contribution is -0.296. The molecule has 238 valence electrons. The maximum Gasteiger partial charge on any atom is 0.335 e. The summed E-state index contributed by atoms with van der Waals surface area (Å²) in [4.78, 5) is 38.4. The number of aliphatic hydroxyl groups excluding tert-OH is 3. The van der Waals surface area contributed by atoms with Gasteiger partial charge in [-0.05, 0) is 46.4 Å². The van der Waals surface area contributed by atoms with Crippen LogP contribution in [0.5, 0.6) is 0 Å². The van der Waals surface area contributed by atoms with Crippen LogP contribution < -0.4 is 4.84 Å². The number of hydrogen-bond donors (Lipinski definition) is 4. The van der Waals surface area contributed by atoms with Crippen LogP contribution >= 0.6 is 0 Å². The Morgan fingerprint density at radius 1 is 1.02 bits per heavy atom. The number of amides is 1. The molecule has 1 saturated carbocycles. The first-order chi connectivity index (χ1) is 21.7. The summed E-state index contributed by atoms with van der Waals surface area (Å²) in [6.45, 7) is 2.57. The fourth-order valence-corrected chi connectivity index (χ4v) is 6.24. The van der Waals surface area contributed by atoms with Gasteiger partial charge < -0.3 is 30.0 Å². The van der Waals surface area contributed by atoms with E-state index in [-0.39, 0.29) is 11.7 Å². The van der Waals surface area contributed by atoms with E-state index in [0.717, 1.165) is 72.3 Å². The molecule has 1 spiro atoms. The van der Waals surface area contributed by atoms with Gasteiger partial charge in [0.05, 0.1) is 6.54 Å². The Morgan fingerprint density at radius 2 is 1.73 bits per heavy atom. The zero-order valence-electron chi connectivity index (χ0n) is 24.8. The predicted octanol–water partition coefficient (Wildman–Crippen LogP) is 1.57. The first kappa shape index (κ1) is 30.8. The van der Waals surface area contributed by atoms with Gasteiger partial charge in [0, 0.05) is 12.0 Å². The molecule has 3 aliphatic rings. The molecule has 3 aromatic rings. The second-order valence-electron chi connectivity index (χ2n) is 11.7. The van der Waals surface area contributed by atoms with E-state index in [0.29, 0.717) is 12.1 Å². The Morgan fingerprint density at radius 3 is 2.42 bits per heavy atom. The summed E-state index contributed by atoms with van der Waals surface area (Å²) < 4.78 is 5.22. The minimum atomic E-state index is -1.86. The van der Waals surface area contributed by atoms with Crippen molar-refractivity contribution < 1.29 is 39.6 Å². The van der Waals surface area contributed by atoms with E-state index in [2.05, 4.69) is 22.4 Å². The van der Waals surface area contributed by atoms with Crippen LogP contribution in [0.3, 0.4) is 0 Å². The van der Waals surface area contributed by atoms with E-state index < -0.39 is 42.2 Å². The van der Waals surface area contributed by atoms with Gasteiger partial charge in [0.15, 0.2) is 6.10 Å². The van der Waals surface area contributed by atoms with E-state index in [4.69, 9.17) is 14.6 Å². The molecule has 0 bridgehead atoms. The Balaban J connectivity index is 1.22. The number of ether oxygens (including phenoxy) is 1. The van der Waals surface area contributed by atoms with Crippen LogP contribution in [-0.4, -0.2) is 99.7 Å². The Hall–Kier alpha value is -4.24. The zero-order chi connectivity index (χ0) is 31.7. The third kappa shape index (κ3) is 5.81. The molecule has 0 radical (unpaired) electrons. The van der Waals surface area contributed by atoms with E-state index in [1.165, 1.54) is 0 Å². The first-order valence-electron chi connectivity index (χ1n) is 15.2. The zero-order valence-corrected chi connectivity index (χ0v) is 24.8. The summed E-state index contributed by atoms with van der Waals surface area (Å²) >= 11 is 0. The highest BCUT2D eigenvalue weighted by Crippen LogP contribution is 2.40. The molecule has 0 unspecified atom stereocenters. The fraction of sp³-hybridized carbons (Fsp3) is 0.484. The molecule has 1 aromatic heterocycles. The maximum absolute atomic E-state index is 13.6. The highest BCUT2D eigenvalue weighted by molar-refractivity contribution is 6.08. The number of hydrogen-bond acceptors (Lipinski definition) is 11. The summed E-state index contributed by atoms with van der Waals surface area (Å²) in [6.07, 6.45) is -2.57. The van der Waals surface area contributed by atoms with Gasteiger partial charge in [0.2, 0.25) is 5.82 Å². The summed E-state index contributed by atoms with van der Waals surface area (Å²) in [5.74, 6) is -0.423. The molecule has 14 heteroatoms. The SMILES string of the molecule is CCCCC1=NC2(CCCC2)C(=O)N1Cc1ccc(-c2ccccc2-c2nnnn2O[C@H]2O[C@H](C(=O)O)[C@@H](O)[C@H](O)[C@H]2O)cc1. The minimum Gasteiger partial charge on any atom is -0.479 e. The number of rotatable bonds is 10. The maximum atomic E-state index is 13.6. The van der Waals surface area contributed by atoms with Crippen molar-refractivity contribution in [1.29, 1.82) is 0 Å². The van der Waals surface area contributed by atoms with Crippen LogP contribution in [0, 0.1) is 0 Å². The smallest absolute Gasteiger partial charge is 0.335 e. The molecule has 1 aliphatic carbocycles. The molecule has 2 aliphatic heterocycles. The van der Waals surface area contributed by atoms with Crippen LogP contribution in [-0.2, 0) is 20.9 Å². The number of carbonyl (C=O) groups is 2. The number of carboxylic acids is 1. The van der Waals surface area contributed by atoms with Gasteiger partial charge in [-0.1, -0.05) is 79.6 Å². The topological polar surface area (TPSA) is 193 Å². The highest BCUT2D eigenvalue weighted by atomic mass is 16.8. The van der Waals surface area contributed by atoms with Gasteiger partial charge >= 0.3 is 5.97 Å². The van der Waals surface area contributed by atoms with Crippen molar-refractivity contribution in [3.8, 4) is 22.5 Å². The Bertz CT molecular complexity index is 1570. The van der Waals surface area contributed by atoms with Crippen molar-refractivity contribution in [1.82, 2.24) is 25.3 Å². The largest absolute Gasteiger partial charge is 0.479 e. The number of aliphatic imine (C=N–C) groups is 1.